The van der Waals surface area contributed by atoms with E-state index in [-0.39, 0.29) is 30.6 Å². The van der Waals surface area contributed by atoms with Crippen LogP contribution in [0.3, 0.4) is 0 Å². The van der Waals surface area contributed by atoms with Gasteiger partial charge in [0.25, 0.3) is 5.56 Å². The fraction of sp³-hybridized carbons (Fsp3) is 0.522. The number of carbonyl (C=O) groups excluding carboxylic acids is 2. The van der Waals surface area contributed by atoms with Gasteiger partial charge in [0.15, 0.2) is 0 Å². The van der Waals surface area contributed by atoms with Crippen LogP contribution in [0.2, 0.25) is 0 Å². The van der Waals surface area contributed by atoms with Crippen LogP contribution in [0.15, 0.2) is 35.1 Å². The zero-order valence-corrected chi connectivity index (χ0v) is 18.3. The number of esters is 1. The first kappa shape index (κ1) is 21.9. The number of carbonyl (C=O) groups is 2. The number of pyridine rings is 1. The van der Waals surface area contributed by atoms with Crippen molar-refractivity contribution in [3.8, 4) is 0 Å². The predicted molar refractivity (Wildman–Crippen MR) is 114 cm³/mol. The standard InChI is InChI=1S/C23H30N2O5/c1-6-29-21(27)18-14-25(22(28)30-23(2,3)4)12-11-15(18)17-13-20(26)24(5)19-10-8-7-9-16(17)19/h7-10,13,15,18H,6,11-12,14H2,1-5H3/t15-,18+/m1/s1. The average Bonchev–Trinajstić information content (AvgIpc) is 2.69. The lowest BCUT2D eigenvalue weighted by Crippen LogP contribution is -2.48. The Hall–Kier alpha value is -2.83. The van der Waals surface area contributed by atoms with Gasteiger partial charge in [0, 0.05) is 37.5 Å². The van der Waals surface area contributed by atoms with Gasteiger partial charge in [-0.15, -0.1) is 0 Å². The predicted octanol–water partition coefficient (Wildman–Crippen LogP) is 3.44. The van der Waals surface area contributed by atoms with E-state index in [0.29, 0.717) is 13.0 Å². The maximum Gasteiger partial charge on any atom is 0.410 e. The molecule has 0 aliphatic carbocycles. The second kappa shape index (κ2) is 8.50. The van der Waals surface area contributed by atoms with Gasteiger partial charge < -0.3 is 18.9 Å². The molecule has 0 radical (unpaired) electrons. The van der Waals surface area contributed by atoms with Gasteiger partial charge in [0.1, 0.15) is 5.60 Å². The molecule has 0 bridgehead atoms. The summed E-state index contributed by atoms with van der Waals surface area (Å²) in [5.41, 5.74) is 0.906. The number of likely N-dealkylation sites (tertiary alicyclic amines) is 1. The Balaban J connectivity index is 2.00. The van der Waals surface area contributed by atoms with Crippen LogP contribution in [0, 0.1) is 5.92 Å². The Morgan fingerprint density at radius 1 is 1.20 bits per heavy atom. The number of hydrogen-bond acceptors (Lipinski definition) is 5. The molecule has 7 nitrogen and oxygen atoms in total. The molecule has 1 amide bonds. The second-order valence-electron chi connectivity index (χ2n) is 8.69. The Morgan fingerprint density at radius 3 is 2.57 bits per heavy atom. The summed E-state index contributed by atoms with van der Waals surface area (Å²) in [4.78, 5) is 39.6. The van der Waals surface area contributed by atoms with Gasteiger partial charge in [0.2, 0.25) is 0 Å². The van der Waals surface area contributed by atoms with E-state index >= 15 is 0 Å². The van der Waals surface area contributed by atoms with E-state index in [1.165, 1.54) is 0 Å². The topological polar surface area (TPSA) is 77.8 Å². The molecule has 0 unspecified atom stereocenters. The third kappa shape index (κ3) is 4.50. The monoisotopic (exact) mass is 414 g/mol. The van der Waals surface area contributed by atoms with Crippen molar-refractivity contribution in [3.63, 3.8) is 0 Å². The minimum Gasteiger partial charge on any atom is -0.466 e. The molecule has 0 N–H and O–H groups in total. The molecule has 1 aromatic carbocycles. The zero-order chi connectivity index (χ0) is 22.1. The molecule has 1 aliphatic heterocycles. The highest BCUT2D eigenvalue weighted by Crippen LogP contribution is 2.37. The minimum atomic E-state index is -0.616. The lowest BCUT2D eigenvalue weighted by atomic mass is 9.79. The number of benzene rings is 1. The Bertz CT molecular complexity index is 1000. The van der Waals surface area contributed by atoms with E-state index in [2.05, 4.69) is 0 Å². The molecule has 1 aromatic heterocycles. The summed E-state index contributed by atoms with van der Waals surface area (Å²) in [7, 11) is 1.74. The number of piperidine rings is 1. The van der Waals surface area contributed by atoms with Crippen LogP contribution in [0.1, 0.15) is 45.6 Å². The zero-order valence-electron chi connectivity index (χ0n) is 18.3. The number of ether oxygens (including phenoxy) is 2. The van der Waals surface area contributed by atoms with Gasteiger partial charge in [-0.2, -0.15) is 0 Å². The number of amides is 1. The largest absolute Gasteiger partial charge is 0.466 e. The molecule has 162 valence electrons. The van der Waals surface area contributed by atoms with E-state index in [1.54, 1.807) is 29.5 Å². The smallest absolute Gasteiger partial charge is 0.410 e. The SMILES string of the molecule is CCOC(=O)[C@H]1CN(C(=O)OC(C)(C)C)CC[C@@H]1c1cc(=O)n(C)c2ccccc12. The maximum atomic E-state index is 12.8. The fourth-order valence-electron chi connectivity index (χ4n) is 4.05. The molecule has 2 heterocycles. The molecule has 1 aliphatic rings. The van der Waals surface area contributed by atoms with Crippen molar-refractivity contribution < 1.29 is 19.1 Å². The molecule has 2 atom stereocenters. The van der Waals surface area contributed by atoms with Crippen LogP contribution in [-0.2, 0) is 21.3 Å². The average molecular weight is 415 g/mol. The molecule has 7 heteroatoms. The molecule has 1 fully saturated rings. The van der Waals surface area contributed by atoms with Gasteiger partial charge >= 0.3 is 12.1 Å². The number of nitrogens with zero attached hydrogens (tertiary/aromatic N) is 2. The van der Waals surface area contributed by atoms with Crippen LogP contribution in [0.5, 0.6) is 0 Å². The lowest BCUT2D eigenvalue weighted by molar-refractivity contribution is -0.150. The fourth-order valence-corrected chi connectivity index (χ4v) is 4.05. The first-order valence-corrected chi connectivity index (χ1v) is 10.4. The third-order valence-corrected chi connectivity index (χ3v) is 5.44. The highest BCUT2D eigenvalue weighted by Gasteiger charge is 2.40. The summed E-state index contributed by atoms with van der Waals surface area (Å²) in [5.74, 6) is -1.15. The van der Waals surface area contributed by atoms with Gasteiger partial charge in [0.05, 0.1) is 18.0 Å². The summed E-state index contributed by atoms with van der Waals surface area (Å²) < 4.78 is 12.4. The van der Waals surface area contributed by atoms with Crippen LogP contribution in [-0.4, -0.2) is 46.8 Å². The van der Waals surface area contributed by atoms with E-state index in [1.807, 2.05) is 45.0 Å². The molecule has 3 rings (SSSR count). The van der Waals surface area contributed by atoms with Crippen LogP contribution in [0.4, 0.5) is 4.79 Å². The van der Waals surface area contributed by atoms with Crippen molar-refractivity contribution >= 4 is 23.0 Å². The van der Waals surface area contributed by atoms with Crippen LogP contribution >= 0.6 is 0 Å². The molecule has 0 saturated carbocycles. The van der Waals surface area contributed by atoms with Crippen molar-refractivity contribution in [2.24, 2.45) is 13.0 Å². The van der Waals surface area contributed by atoms with Crippen molar-refractivity contribution in [1.29, 1.82) is 0 Å². The maximum absolute atomic E-state index is 12.8. The normalized spacial score (nSPS) is 19.6. The van der Waals surface area contributed by atoms with E-state index in [0.717, 1.165) is 16.5 Å². The highest BCUT2D eigenvalue weighted by molar-refractivity contribution is 5.85. The summed E-state index contributed by atoms with van der Waals surface area (Å²) >= 11 is 0. The van der Waals surface area contributed by atoms with E-state index < -0.39 is 17.6 Å². The molecular weight excluding hydrogens is 384 g/mol. The van der Waals surface area contributed by atoms with Gasteiger partial charge in [-0.25, -0.2) is 4.79 Å². The van der Waals surface area contributed by atoms with Crippen molar-refractivity contribution in [3.05, 3.63) is 46.2 Å². The van der Waals surface area contributed by atoms with Gasteiger partial charge in [-0.05, 0) is 45.7 Å². The van der Waals surface area contributed by atoms with Crippen molar-refractivity contribution in [2.45, 2.75) is 45.6 Å². The number of para-hydroxylation sites is 1. The Kier molecular flexibility index (Phi) is 6.19. The molecule has 0 spiro atoms. The van der Waals surface area contributed by atoms with E-state index in [9.17, 15) is 14.4 Å². The van der Waals surface area contributed by atoms with Crippen molar-refractivity contribution in [1.82, 2.24) is 9.47 Å². The summed E-state index contributed by atoms with van der Waals surface area (Å²) in [6.07, 6.45) is 0.101. The number of aryl methyl sites for hydroxylation is 1. The molecular formula is C23H30N2O5. The summed E-state index contributed by atoms with van der Waals surface area (Å²) in [6.45, 7) is 8.09. The Labute approximate surface area is 176 Å². The van der Waals surface area contributed by atoms with E-state index in [4.69, 9.17) is 9.47 Å². The Morgan fingerprint density at radius 2 is 1.90 bits per heavy atom. The first-order chi connectivity index (χ1) is 14.1. The van der Waals surface area contributed by atoms with Gasteiger partial charge in [-0.1, -0.05) is 18.2 Å². The molecule has 2 aromatic rings. The molecule has 1 saturated heterocycles. The number of hydrogen-bond donors (Lipinski definition) is 0. The quantitative estimate of drug-likeness (QED) is 0.719. The van der Waals surface area contributed by atoms with Crippen LogP contribution < -0.4 is 5.56 Å². The minimum absolute atomic E-state index is 0.124. The summed E-state index contributed by atoms with van der Waals surface area (Å²) in [5, 5.41) is 0.935. The highest BCUT2D eigenvalue weighted by atomic mass is 16.6. The number of aromatic nitrogens is 1. The van der Waals surface area contributed by atoms with Crippen LogP contribution in [0.25, 0.3) is 10.9 Å². The third-order valence-electron chi connectivity index (χ3n) is 5.44. The lowest BCUT2D eigenvalue weighted by Gasteiger charge is -2.38. The number of fused-ring (bicyclic) bond motifs is 1. The molecule has 30 heavy (non-hydrogen) atoms. The summed E-state index contributed by atoms with van der Waals surface area (Å²) in [6, 6.07) is 9.29. The first-order valence-electron chi connectivity index (χ1n) is 10.4. The van der Waals surface area contributed by atoms with Crippen molar-refractivity contribution in [2.75, 3.05) is 19.7 Å². The number of rotatable bonds is 3. The van der Waals surface area contributed by atoms with Gasteiger partial charge in [-0.3, -0.25) is 9.59 Å². The second-order valence-corrected chi connectivity index (χ2v) is 8.69.